The molecule has 2 aliphatic rings. The molecule has 152 valence electrons. The molecule has 0 saturated carbocycles. The van der Waals surface area contributed by atoms with Crippen LogP contribution in [0.15, 0.2) is 12.4 Å². The molecule has 3 heterocycles. The van der Waals surface area contributed by atoms with Gasteiger partial charge < -0.3 is 14.5 Å². The molecule has 2 fully saturated rings. The summed E-state index contributed by atoms with van der Waals surface area (Å²) in [5.41, 5.74) is 1.08. The average molecular weight is 378 g/mol. The van der Waals surface area contributed by atoms with Crippen LogP contribution in [-0.4, -0.2) is 89.4 Å². The highest BCUT2D eigenvalue weighted by Gasteiger charge is 2.38. The molecule has 0 unspecified atom stereocenters. The summed E-state index contributed by atoms with van der Waals surface area (Å²) in [6.45, 7) is 10.7. The van der Waals surface area contributed by atoms with Gasteiger partial charge in [-0.25, -0.2) is 0 Å². The van der Waals surface area contributed by atoms with Gasteiger partial charge in [0.25, 0.3) is 0 Å². The van der Waals surface area contributed by atoms with Crippen molar-refractivity contribution in [2.24, 2.45) is 13.0 Å². The molecule has 0 N–H and O–H groups in total. The molecule has 0 aliphatic carbocycles. The molecular weight excluding hydrogens is 342 g/mol. The number of aryl methyl sites for hydroxylation is 1. The second kappa shape index (κ2) is 9.17. The highest BCUT2D eigenvalue weighted by atomic mass is 16.5. The molecule has 2 atom stereocenters. The van der Waals surface area contributed by atoms with Gasteiger partial charge in [-0.05, 0) is 32.5 Å². The zero-order chi connectivity index (χ0) is 19.4. The predicted octanol–water partition coefficient (Wildman–Crippen LogP) is 1.37. The van der Waals surface area contributed by atoms with E-state index in [-0.39, 0.29) is 18.1 Å². The third-order valence-corrected chi connectivity index (χ3v) is 5.57. The molecule has 2 aliphatic heterocycles. The predicted molar refractivity (Wildman–Crippen MR) is 105 cm³/mol. The highest BCUT2D eigenvalue weighted by molar-refractivity contribution is 5.77. The van der Waals surface area contributed by atoms with Gasteiger partial charge in [0.1, 0.15) is 0 Å². The van der Waals surface area contributed by atoms with Gasteiger partial charge in [0.2, 0.25) is 5.91 Å². The topological polar surface area (TPSA) is 53.8 Å². The van der Waals surface area contributed by atoms with Gasteiger partial charge in [0.05, 0.1) is 24.9 Å². The van der Waals surface area contributed by atoms with Crippen LogP contribution in [0.4, 0.5) is 0 Å². The lowest BCUT2D eigenvalue weighted by atomic mass is 9.98. The molecule has 0 bridgehead atoms. The number of nitrogens with zero attached hydrogens (tertiary/aromatic N) is 5. The molecule has 7 nitrogen and oxygen atoms in total. The van der Waals surface area contributed by atoms with Crippen LogP contribution in [0.2, 0.25) is 0 Å². The smallest absolute Gasteiger partial charge is 0.223 e. The Balaban J connectivity index is 1.78. The molecular formula is C20H35N5O2. The highest BCUT2D eigenvalue weighted by Crippen LogP contribution is 2.31. The van der Waals surface area contributed by atoms with E-state index in [1.165, 1.54) is 6.42 Å². The van der Waals surface area contributed by atoms with E-state index in [0.717, 1.165) is 38.3 Å². The Bertz CT molecular complexity index is 617. The standard InChI is InChI=1S/C20H35N5O2/c1-16(2)12-19(26)25-10-11-27-18(20(25)17-13-21-23(4)14-17)15-24-7-5-6-22(3)8-9-24/h13-14,16,18,20H,5-12,15H2,1-4H3/t18-,20-/m0/s1. The number of carbonyl (C=O) groups is 1. The molecule has 0 radical (unpaired) electrons. The van der Waals surface area contributed by atoms with Crippen molar-refractivity contribution >= 4 is 5.91 Å². The van der Waals surface area contributed by atoms with Gasteiger partial charge in [0, 0.05) is 51.4 Å². The Morgan fingerprint density at radius 2 is 2.04 bits per heavy atom. The molecule has 0 aromatic carbocycles. The van der Waals surface area contributed by atoms with E-state index in [1.54, 1.807) is 0 Å². The van der Waals surface area contributed by atoms with Crippen molar-refractivity contribution < 1.29 is 9.53 Å². The largest absolute Gasteiger partial charge is 0.373 e. The first-order chi connectivity index (χ1) is 12.9. The molecule has 3 rings (SSSR count). The van der Waals surface area contributed by atoms with Gasteiger partial charge in [0.15, 0.2) is 0 Å². The minimum Gasteiger partial charge on any atom is -0.373 e. The van der Waals surface area contributed by atoms with Crippen LogP contribution in [-0.2, 0) is 16.6 Å². The van der Waals surface area contributed by atoms with Gasteiger partial charge in [-0.2, -0.15) is 5.10 Å². The number of amides is 1. The zero-order valence-corrected chi connectivity index (χ0v) is 17.3. The third-order valence-electron chi connectivity index (χ3n) is 5.57. The van der Waals surface area contributed by atoms with Crippen molar-refractivity contribution in [1.82, 2.24) is 24.5 Å². The maximum Gasteiger partial charge on any atom is 0.223 e. The number of likely N-dealkylation sites (N-methyl/N-ethyl adjacent to an activating group) is 1. The Hall–Kier alpha value is -1.44. The minimum atomic E-state index is -0.0558. The van der Waals surface area contributed by atoms with E-state index in [2.05, 4.69) is 35.8 Å². The van der Waals surface area contributed by atoms with Crippen molar-refractivity contribution in [3.8, 4) is 0 Å². The first-order valence-electron chi connectivity index (χ1n) is 10.2. The van der Waals surface area contributed by atoms with E-state index in [9.17, 15) is 4.79 Å². The van der Waals surface area contributed by atoms with Gasteiger partial charge in [-0.1, -0.05) is 13.8 Å². The maximum absolute atomic E-state index is 13.0. The Kier molecular flexibility index (Phi) is 6.89. The number of rotatable bonds is 5. The molecule has 1 amide bonds. The van der Waals surface area contributed by atoms with Crippen LogP contribution >= 0.6 is 0 Å². The summed E-state index contributed by atoms with van der Waals surface area (Å²) < 4.78 is 8.04. The summed E-state index contributed by atoms with van der Waals surface area (Å²) in [6, 6.07) is -0.0558. The molecule has 2 saturated heterocycles. The Morgan fingerprint density at radius 1 is 1.22 bits per heavy atom. The summed E-state index contributed by atoms with van der Waals surface area (Å²) >= 11 is 0. The van der Waals surface area contributed by atoms with E-state index >= 15 is 0 Å². The zero-order valence-electron chi connectivity index (χ0n) is 17.3. The molecule has 1 aromatic rings. The fraction of sp³-hybridized carbons (Fsp3) is 0.800. The SMILES string of the molecule is CC(C)CC(=O)N1CCO[C@@H](CN2CCCN(C)CC2)[C@@H]1c1cnn(C)c1. The Labute approximate surface area is 163 Å². The van der Waals surface area contributed by atoms with Crippen molar-refractivity contribution in [2.75, 3.05) is 52.9 Å². The van der Waals surface area contributed by atoms with Crippen LogP contribution < -0.4 is 0 Å². The number of ether oxygens (including phenoxy) is 1. The van der Waals surface area contributed by atoms with E-state index < -0.39 is 0 Å². The van der Waals surface area contributed by atoms with Crippen LogP contribution in [0.25, 0.3) is 0 Å². The lowest BCUT2D eigenvalue weighted by Crippen LogP contribution is -2.52. The average Bonchev–Trinajstić information content (AvgIpc) is 2.94. The monoisotopic (exact) mass is 377 g/mol. The second-order valence-electron chi connectivity index (χ2n) is 8.44. The third kappa shape index (κ3) is 5.30. The number of hydrogen-bond acceptors (Lipinski definition) is 5. The summed E-state index contributed by atoms with van der Waals surface area (Å²) in [5, 5.41) is 4.36. The quantitative estimate of drug-likeness (QED) is 0.776. The van der Waals surface area contributed by atoms with E-state index in [0.29, 0.717) is 25.5 Å². The van der Waals surface area contributed by atoms with Crippen LogP contribution in [0.1, 0.15) is 38.3 Å². The van der Waals surface area contributed by atoms with Gasteiger partial charge in [-0.3, -0.25) is 14.4 Å². The summed E-state index contributed by atoms with van der Waals surface area (Å²) in [4.78, 5) is 19.9. The van der Waals surface area contributed by atoms with E-state index in [4.69, 9.17) is 4.74 Å². The number of aromatic nitrogens is 2. The van der Waals surface area contributed by atoms with Gasteiger partial charge in [-0.15, -0.1) is 0 Å². The lowest BCUT2D eigenvalue weighted by molar-refractivity contribution is -0.149. The fourth-order valence-electron chi connectivity index (χ4n) is 4.16. The van der Waals surface area contributed by atoms with Crippen molar-refractivity contribution in [2.45, 2.75) is 38.8 Å². The second-order valence-corrected chi connectivity index (χ2v) is 8.44. The lowest BCUT2D eigenvalue weighted by Gasteiger charge is -2.42. The first kappa shape index (κ1) is 20.3. The van der Waals surface area contributed by atoms with Crippen LogP contribution in [0, 0.1) is 5.92 Å². The van der Waals surface area contributed by atoms with Crippen molar-refractivity contribution in [3.05, 3.63) is 18.0 Å². The maximum atomic E-state index is 13.0. The molecule has 27 heavy (non-hydrogen) atoms. The first-order valence-corrected chi connectivity index (χ1v) is 10.2. The summed E-state index contributed by atoms with van der Waals surface area (Å²) in [7, 11) is 4.11. The summed E-state index contributed by atoms with van der Waals surface area (Å²) in [6.07, 6.45) is 5.66. The number of carbonyl (C=O) groups excluding carboxylic acids is 1. The molecule has 0 spiro atoms. The van der Waals surface area contributed by atoms with Crippen LogP contribution in [0.3, 0.4) is 0 Å². The molecule has 7 heteroatoms. The van der Waals surface area contributed by atoms with Crippen LogP contribution in [0.5, 0.6) is 0 Å². The number of morpholine rings is 1. The van der Waals surface area contributed by atoms with Crippen molar-refractivity contribution in [1.29, 1.82) is 0 Å². The number of hydrogen-bond donors (Lipinski definition) is 0. The Morgan fingerprint density at radius 3 is 2.74 bits per heavy atom. The summed E-state index contributed by atoms with van der Waals surface area (Å²) in [5.74, 6) is 0.581. The molecule has 1 aromatic heterocycles. The normalized spacial score (nSPS) is 25.7. The van der Waals surface area contributed by atoms with Crippen molar-refractivity contribution in [3.63, 3.8) is 0 Å². The van der Waals surface area contributed by atoms with Gasteiger partial charge >= 0.3 is 0 Å². The minimum absolute atomic E-state index is 0.0116. The van der Waals surface area contributed by atoms with E-state index in [1.807, 2.05) is 29.0 Å². The fourth-order valence-corrected chi connectivity index (χ4v) is 4.16.